The molecule has 1 aromatic heterocycles. The van der Waals surface area contributed by atoms with E-state index in [-0.39, 0.29) is 140 Å². The Hall–Kier alpha value is -7.19. The predicted molar refractivity (Wildman–Crippen MR) is 539 cm³/mol. The first-order chi connectivity index (χ1) is 61.3. The summed E-state index contributed by atoms with van der Waals surface area (Å²) >= 11 is 0. The van der Waals surface area contributed by atoms with Gasteiger partial charge < -0.3 is 87.4 Å². The first-order valence-electron chi connectivity index (χ1n) is 45.4. The highest BCUT2D eigenvalue weighted by molar-refractivity contribution is 7.89. The highest BCUT2D eigenvalue weighted by Gasteiger charge is 2.26. The number of tetrazole rings is 1. The van der Waals surface area contributed by atoms with E-state index in [2.05, 4.69) is 63.4 Å². The Bertz CT molecular complexity index is 3830. The van der Waals surface area contributed by atoms with Gasteiger partial charge in [0.15, 0.2) is 5.82 Å². The fourth-order valence-corrected chi connectivity index (χ4v) is 8.38. The van der Waals surface area contributed by atoms with Gasteiger partial charge in [0, 0.05) is 92.3 Å². The summed E-state index contributed by atoms with van der Waals surface area (Å²) in [6.07, 6.45) is 2.84. The fraction of sp³-hybridized carbons (Fsp3) is 0.870. The molecule has 0 unspecified atom stereocenters. The topological polar surface area (TPSA) is 548 Å². The van der Waals surface area contributed by atoms with Gasteiger partial charge in [0.1, 0.15) is 59.5 Å². The van der Waals surface area contributed by atoms with Gasteiger partial charge in [0.25, 0.3) is 17.7 Å². The van der Waals surface area contributed by atoms with Crippen LogP contribution in [0.5, 0.6) is 0 Å². The number of methoxy groups -OCH3 is 1. The van der Waals surface area contributed by atoms with Crippen LogP contribution in [0.2, 0.25) is 0 Å². The van der Waals surface area contributed by atoms with E-state index < -0.39 is 76.4 Å². The van der Waals surface area contributed by atoms with Crippen molar-refractivity contribution in [3.8, 4) is 0 Å². The lowest BCUT2D eigenvalue weighted by Gasteiger charge is -2.33. The van der Waals surface area contributed by atoms with Crippen molar-refractivity contribution in [2.45, 2.75) is 339 Å². The second-order valence-electron chi connectivity index (χ2n) is 42.4. The number of hydrogen-bond acceptors (Lipinski definition) is 33. The fourth-order valence-electron chi connectivity index (χ4n) is 6.88. The number of nitrogens with one attached hydrogen (secondary N) is 4. The Morgan fingerprint density at radius 1 is 0.457 bits per heavy atom. The minimum absolute atomic E-state index is 0.0000694. The number of nitrogens with two attached hydrogens (primary N) is 1. The van der Waals surface area contributed by atoms with Crippen LogP contribution in [0.3, 0.4) is 0 Å². The van der Waals surface area contributed by atoms with Crippen molar-refractivity contribution < 1.29 is 135 Å². The Kier molecular flexibility index (Phi) is 80.8. The number of aromatic nitrogens is 4. The normalized spacial score (nSPS) is 13.1. The van der Waals surface area contributed by atoms with Gasteiger partial charge in [0.2, 0.25) is 71.4 Å². The third kappa shape index (κ3) is 133. The van der Waals surface area contributed by atoms with E-state index in [0.717, 1.165) is 69.8 Å². The number of aliphatic hydroxyl groups is 1. The van der Waals surface area contributed by atoms with Gasteiger partial charge in [-0.25, -0.2) is 34.4 Å². The van der Waals surface area contributed by atoms with E-state index >= 15 is 0 Å². The third-order valence-electron chi connectivity index (χ3n) is 13.9. The van der Waals surface area contributed by atoms with Crippen LogP contribution < -0.4 is 20.5 Å². The van der Waals surface area contributed by atoms with Crippen molar-refractivity contribution in [3.63, 3.8) is 0 Å². The lowest BCUT2D eigenvalue weighted by atomic mass is 10.2. The van der Waals surface area contributed by atoms with Crippen LogP contribution in [-0.4, -0.2) is 380 Å². The van der Waals surface area contributed by atoms with Gasteiger partial charge in [0.05, 0.1) is 95.1 Å². The summed E-state index contributed by atoms with van der Waals surface area (Å²) in [4.78, 5) is 130. The number of morpholine rings is 1. The molecule has 2 aliphatic heterocycles. The Morgan fingerprint density at radius 3 is 1.00 bits per heavy atom. The number of piperazine rings is 1. The molecule has 2 fully saturated rings. The molecule has 0 aromatic carbocycles. The number of imide groups is 1. The lowest BCUT2D eigenvalue weighted by molar-refractivity contribution is -0.151. The van der Waals surface area contributed by atoms with Crippen molar-refractivity contribution in [2.24, 2.45) is 17.6 Å². The van der Waals surface area contributed by atoms with Crippen molar-refractivity contribution in [1.29, 1.82) is 0 Å². The molecule has 0 saturated carbocycles. The molecule has 1 aromatic rings. The van der Waals surface area contributed by atoms with Gasteiger partial charge in [-0.2, -0.15) is 5.21 Å². The molecule has 10 amide bonds. The molecule has 138 heavy (non-hydrogen) atoms. The van der Waals surface area contributed by atoms with Crippen molar-refractivity contribution in [1.82, 2.24) is 64.2 Å². The molecule has 0 atom stereocenters. The van der Waals surface area contributed by atoms with Crippen LogP contribution in [0.1, 0.15) is 289 Å². The monoisotopic (exact) mass is 2050 g/mol. The summed E-state index contributed by atoms with van der Waals surface area (Å²) in [5.74, 6) is -1.31. The number of amides is 10. The largest absolute Gasteiger partial charge is 0.467 e. The zero-order valence-corrected chi connectivity index (χ0v) is 96.3. The highest BCUT2D eigenvalue weighted by Crippen LogP contribution is 2.14. The number of likely N-dealkylation sites (N-methyl/N-ethyl adjacent to an activating group) is 4. The minimum Gasteiger partial charge on any atom is -0.467 e. The number of primary amides is 1. The number of sulfonamides is 3. The first-order valence-corrected chi connectivity index (χ1v) is 51.1. The molecule has 3 heterocycles. The Balaban J connectivity index is -0.000000162. The molecule has 43 nitrogen and oxygen atoms in total. The molecule has 2 saturated heterocycles. The summed E-state index contributed by atoms with van der Waals surface area (Å²) < 4.78 is 125. The summed E-state index contributed by atoms with van der Waals surface area (Å²) in [6.45, 7) is 83.0. The minimum atomic E-state index is -3.47. The van der Waals surface area contributed by atoms with E-state index in [0.29, 0.717) is 36.5 Å². The molecule has 0 spiro atoms. The predicted octanol–water partition coefficient (Wildman–Crippen LogP) is 8.10. The number of esters is 1. The molecule has 0 bridgehead atoms. The second kappa shape index (κ2) is 73.8. The van der Waals surface area contributed by atoms with Gasteiger partial charge in [-0.15, -0.1) is 10.2 Å². The third-order valence-corrected chi connectivity index (χ3v) is 16.3. The van der Waals surface area contributed by atoms with Crippen LogP contribution in [0, 0.1) is 11.8 Å². The number of nitrogens with zero attached hydrogens (tertiary/aromatic N) is 9. The summed E-state index contributed by atoms with van der Waals surface area (Å²) in [5.41, 5.74) is 1.60. The maximum Gasteiger partial charge on any atom is 0.331 e. The van der Waals surface area contributed by atoms with Gasteiger partial charge >= 0.3 is 5.97 Å². The van der Waals surface area contributed by atoms with Crippen LogP contribution in [-0.2, 0) is 135 Å². The maximum atomic E-state index is 11.7. The molecule has 7 N–H and O–H groups in total. The van der Waals surface area contributed by atoms with Crippen molar-refractivity contribution in [2.75, 3.05) is 179 Å². The molecule has 46 heteroatoms. The van der Waals surface area contributed by atoms with Gasteiger partial charge in [-0.3, -0.25) is 62.7 Å². The van der Waals surface area contributed by atoms with Gasteiger partial charge in [-0.05, 0) is 235 Å². The van der Waals surface area contributed by atoms with Crippen LogP contribution in [0.15, 0.2) is 0 Å². The summed E-state index contributed by atoms with van der Waals surface area (Å²) in [7, 11) is -2.24. The number of carbonyl (C=O) groups is 11. The quantitative estimate of drug-likeness (QED) is 0.0503. The van der Waals surface area contributed by atoms with Crippen LogP contribution in [0.25, 0.3) is 0 Å². The molecule has 0 radical (unpaired) electrons. The van der Waals surface area contributed by atoms with E-state index in [1.807, 2.05) is 183 Å². The average Bonchev–Trinajstić information content (AvgIpc) is 0.888. The zero-order valence-electron chi connectivity index (χ0n) is 93.9. The number of rotatable bonds is 25. The molecule has 0 aliphatic carbocycles. The highest BCUT2D eigenvalue weighted by atomic mass is 32.2. The Morgan fingerprint density at radius 2 is 0.754 bits per heavy atom. The lowest BCUT2D eigenvalue weighted by Crippen LogP contribution is -2.48. The first kappa shape index (κ1) is 151. The number of H-pyrrole nitrogens is 1. The molecular weight excluding hydrogens is 1860 g/mol. The van der Waals surface area contributed by atoms with Gasteiger partial charge in [-0.1, -0.05) is 53.7 Å². The van der Waals surface area contributed by atoms with Crippen molar-refractivity contribution in [3.05, 3.63) is 5.82 Å². The van der Waals surface area contributed by atoms with E-state index in [4.69, 9.17) is 58.2 Å². The van der Waals surface area contributed by atoms with Crippen molar-refractivity contribution >= 4 is 95.1 Å². The second-order valence-corrected chi connectivity index (χ2v) is 47.9. The van der Waals surface area contributed by atoms with Crippen LogP contribution in [0.4, 0.5) is 0 Å². The molecule has 2 aliphatic rings. The SMILES string of the molecule is CC(=O)NC(=O)COC(C)(C)C.CC(C)(C)O.CC(C)(C)OCC(=O)N1CCOCC1.CC(C)(C)OCC(=O)NS(C)(=O)=O.CC(C)(C)OCC(N)=O.CC(C)C.CC(C)C(=O)NS(C)(=O)=O.CC(C)c1nn[nH]n1.CCN(CC)C(=O)COC(C)(C)C.CN(C(=O)COC(C)(C)C)S(C)(=O)=O.CN(C)C(=O)COC(C)(C)C.CN1CCN(C(=O)COC(C)(C)C)CC1.COC(=O)COC(C)(C)C. The van der Waals surface area contributed by atoms with E-state index in [1.165, 1.54) is 26.0 Å². The number of carbonyl (C=O) groups excluding carboxylic acids is 11. The molecule has 3 rings (SSSR count). The maximum absolute atomic E-state index is 11.7. The molecular formula is C92H192N14O29S3. The smallest absolute Gasteiger partial charge is 0.331 e. The van der Waals surface area contributed by atoms with E-state index in [1.54, 1.807) is 105 Å². The number of ether oxygens (including phenoxy) is 11. The summed E-state index contributed by atoms with van der Waals surface area (Å²) in [5, 5.41) is 24.0. The average molecular weight is 2050 g/mol. The standard InChI is InChI=1S/C11H22N2O2.C10H19NO3.C10H21NO2.C8H17NO4S.C8H15NO3.C8H17NO2.C7H15NO4S.C7H14O3.C6H13NO2.C5H11NO3S.C4H8N4.C4H10O.C4H10/c1-11(2,3)15-9-10(14)13-7-5-12(4)6-8-13;1-10(2,3)14-8-9(12)11-4-6-13-7-5-11;1-6-11(7-2)9(12)8-13-10(3,4)5;1-8(2,3)13-6-7(10)9(4)14(5,11)12;1-6(10)9-7(11)5-12-8(2,3)4;1-8(2,3)11-6-7(10)9(4)5;1-7(2,3)12-5-6(9)8-13(4,10)11;1-7(2,3)10-5-6(8)9-4;1-6(2,3)9-4-5(7)8;1-4(2)5(7)6-10(3,8)9;1-3(2)4-5-7-8-6-4;1-4(2,3)5;1-4(2)3/h5-9H2,1-4H3;4-8H2,1-3H3;6-8H2,1-5H3;6H2,1-5H3;5H2,1-4H3,(H,9,10,11);6H2,1-5H3;5H2,1-4H3,(H,8,9);5H2,1-4H3;4H2,1-3H3,(H2,7,8);4H,1-3H3,(H,6,7);3H,1-2H3,(H,5,6,7,8);5H,1-3H3;4H,1-3H3. The molecule has 822 valence electrons. The van der Waals surface area contributed by atoms with E-state index in [9.17, 15) is 78.0 Å². The number of aromatic amines is 1. The summed E-state index contributed by atoms with van der Waals surface area (Å²) in [6, 6.07) is 0. The van der Waals surface area contributed by atoms with Crippen LogP contribution >= 0.6 is 0 Å². The zero-order chi connectivity index (χ0) is 112. The number of hydrogen-bond donors (Lipinski definition) is 6. The Labute approximate surface area is 831 Å².